The number of amides is 1. The zero-order valence-electron chi connectivity index (χ0n) is 17.5. The van der Waals surface area contributed by atoms with Crippen molar-refractivity contribution >= 4 is 17.5 Å². The lowest BCUT2D eigenvalue weighted by atomic mass is 10.0. The fraction of sp³-hybridized carbons (Fsp3) is 0.348. The maximum atomic E-state index is 15.1. The van der Waals surface area contributed by atoms with Gasteiger partial charge in [0.05, 0.1) is 0 Å². The summed E-state index contributed by atoms with van der Waals surface area (Å²) >= 11 is 5.75. The highest BCUT2D eigenvalue weighted by Crippen LogP contribution is 2.34. The molecule has 1 saturated carbocycles. The third-order valence-corrected chi connectivity index (χ3v) is 6.45. The van der Waals surface area contributed by atoms with Crippen LogP contribution in [0.2, 0.25) is 5.02 Å². The third kappa shape index (κ3) is 4.17. The van der Waals surface area contributed by atoms with Gasteiger partial charge in [0.15, 0.2) is 11.6 Å². The average Bonchev–Trinajstić information content (AvgIpc) is 3.42. The summed E-state index contributed by atoms with van der Waals surface area (Å²) in [5.74, 6) is -2.30. The second kappa shape index (κ2) is 8.37. The number of nitrogens with zero attached hydrogens (tertiary/aromatic N) is 3. The molecule has 172 valence electrons. The molecular formula is C23H20ClF3N4O2. The Balaban J connectivity index is 1.44. The SMILES string of the molecule is O=C(C1CC1)N1CC[C@@H](Cc2n[nH]c(=O)n2-c2c(F)cc(-c3ccc(Cl)cc3F)cc2F)C1. The van der Waals surface area contributed by atoms with Crippen molar-refractivity contribution in [3.63, 3.8) is 0 Å². The van der Waals surface area contributed by atoms with Crippen molar-refractivity contribution in [3.05, 3.63) is 69.1 Å². The van der Waals surface area contributed by atoms with Crippen LogP contribution in [0, 0.1) is 29.3 Å². The monoisotopic (exact) mass is 476 g/mol. The zero-order valence-corrected chi connectivity index (χ0v) is 18.2. The van der Waals surface area contributed by atoms with Crippen LogP contribution in [-0.4, -0.2) is 38.7 Å². The van der Waals surface area contributed by atoms with E-state index in [1.807, 2.05) is 4.90 Å². The fourth-order valence-electron chi connectivity index (χ4n) is 4.40. The number of aromatic nitrogens is 3. The van der Waals surface area contributed by atoms with E-state index in [0.717, 1.165) is 42.0 Å². The molecule has 2 heterocycles. The van der Waals surface area contributed by atoms with E-state index < -0.39 is 28.8 Å². The summed E-state index contributed by atoms with van der Waals surface area (Å²) in [5, 5.41) is 6.39. The van der Waals surface area contributed by atoms with Crippen LogP contribution in [0.5, 0.6) is 0 Å². The first kappa shape index (κ1) is 21.8. The number of nitrogens with one attached hydrogen (secondary N) is 1. The molecular weight excluding hydrogens is 457 g/mol. The number of likely N-dealkylation sites (tertiary alicyclic amines) is 1. The summed E-state index contributed by atoms with van der Waals surface area (Å²) in [6.07, 6.45) is 2.85. The molecule has 1 aliphatic heterocycles. The van der Waals surface area contributed by atoms with Crippen LogP contribution in [0.25, 0.3) is 16.8 Å². The zero-order chi connectivity index (χ0) is 23.3. The number of halogens is 4. The summed E-state index contributed by atoms with van der Waals surface area (Å²) in [7, 11) is 0. The minimum Gasteiger partial charge on any atom is -0.342 e. The second-order valence-corrected chi connectivity index (χ2v) is 9.05. The number of aromatic amines is 1. The molecule has 1 aromatic heterocycles. The summed E-state index contributed by atoms with van der Waals surface area (Å²) in [6.45, 7) is 1.15. The smallest absolute Gasteiger partial charge is 0.342 e. The van der Waals surface area contributed by atoms with Gasteiger partial charge in [0.2, 0.25) is 5.91 Å². The Morgan fingerprint density at radius 2 is 1.82 bits per heavy atom. The number of hydrogen-bond acceptors (Lipinski definition) is 3. The number of benzene rings is 2. The van der Waals surface area contributed by atoms with Gasteiger partial charge in [0.25, 0.3) is 0 Å². The highest BCUT2D eigenvalue weighted by molar-refractivity contribution is 6.30. The molecule has 1 atom stereocenters. The maximum Gasteiger partial charge on any atom is 0.348 e. The average molecular weight is 477 g/mol. The Morgan fingerprint density at radius 1 is 1.09 bits per heavy atom. The summed E-state index contributed by atoms with van der Waals surface area (Å²) in [4.78, 5) is 26.5. The van der Waals surface area contributed by atoms with Crippen molar-refractivity contribution in [2.45, 2.75) is 25.7 Å². The number of H-pyrrole nitrogens is 1. The maximum absolute atomic E-state index is 15.1. The largest absolute Gasteiger partial charge is 0.348 e. The van der Waals surface area contributed by atoms with Gasteiger partial charge in [-0.25, -0.2) is 27.6 Å². The van der Waals surface area contributed by atoms with Crippen molar-refractivity contribution < 1.29 is 18.0 Å². The Labute approximate surface area is 192 Å². The fourth-order valence-corrected chi connectivity index (χ4v) is 4.56. The minimum atomic E-state index is -1.03. The Kier molecular flexibility index (Phi) is 5.52. The first-order chi connectivity index (χ1) is 15.8. The molecule has 2 fully saturated rings. The van der Waals surface area contributed by atoms with E-state index in [-0.39, 0.29) is 46.1 Å². The normalized spacial score (nSPS) is 18.2. The van der Waals surface area contributed by atoms with Gasteiger partial charge in [0.1, 0.15) is 17.3 Å². The van der Waals surface area contributed by atoms with Crippen LogP contribution in [0.15, 0.2) is 35.1 Å². The van der Waals surface area contributed by atoms with Crippen LogP contribution >= 0.6 is 11.6 Å². The molecule has 0 radical (unpaired) electrons. The molecule has 33 heavy (non-hydrogen) atoms. The highest BCUT2D eigenvalue weighted by Gasteiger charge is 2.37. The van der Waals surface area contributed by atoms with Crippen molar-refractivity contribution in [3.8, 4) is 16.8 Å². The first-order valence-electron chi connectivity index (χ1n) is 10.7. The lowest BCUT2D eigenvalue weighted by molar-refractivity contribution is -0.131. The summed E-state index contributed by atoms with van der Waals surface area (Å²) in [5.41, 5.74) is -1.40. The van der Waals surface area contributed by atoms with Crippen LogP contribution in [0.4, 0.5) is 13.2 Å². The van der Waals surface area contributed by atoms with E-state index in [2.05, 4.69) is 10.2 Å². The minimum absolute atomic E-state index is 0.0186. The lowest BCUT2D eigenvalue weighted by Gasteiger charge is -2.16. The van der Waals surface area contributed by atoms with E-state index in [1.54, 1.807) is 0 Å². The van der Waals surface area contributed by atoms with Crippen LogP contribution in [0.1, 0.15) is 25.1 Å². The molecule has 1 aliphatic carbocycles. The van der Waals surface area contributed by atoms with Gasteiger partial charge in [-0.05, 0) is 61.1 Å². The van der Waals surface area contributed by atoms with E-state index in [0.29, 0.717) is 13.1 Å². The molecule has 1 N–H and O–H groups in total. The van der Waals surface area contributed by atoms with Gasteiger partial charge in [-0.2, -0.15) is 5.10 Å². The lowest BCUT2D eigenvalue weighted by Crippen LogP contribution is -2.30. The second-order valence-electron chi connectivity index (χ2n) is 8.61. The Hall–Kier alpha value is -3.07. The number of hydrogen-bond donors (Lipinski definition) is 1. The third-order valence-electron chi connectivity index (χ3n) is 6.22. The van der Waals surface area contributed by atoms with Gasteiger partial charge < -0.3 is 4.90 Å². The van der Waals surface area contributed by atoms with Crippen molar-refractivity contribution in [2.75, 3.05) is 13.1 Å². The standard InChI is InChI=1S/C23H20ClF3N4O2/c24-15-3-4-16(17(25)10-15)14-8-18(26)21(19(27)9-14)31-20(28-29-23(31)33)7-12-5-6-30(11-12)22(32)13-1-2-13/h3-4,8-10,12-13H,1-2,5-7,11H2,(H,29,33)/t12-/m0/s1. The molecule has 2 aromatic carbocycles. The molecule has 6 nitrogen and oxygen atoms in total. The highest BCUT2D eigenvalue weighted by atomic mass is 35.5. The van der Waals surface area contributed by atoms with Crippen LogP contribution in [0.3, 0.4) is 0 Å². The van der Waals surface area contributed by atoms with Crippen molar-refractivity contribution in [1.82, 2.24) is 19.7 Å². The van der Waals surface area contributed by atoms with Gasteiger partial charge in [-0.15, -0.1) is 0 Å². The van der Waals surface area contributed by atoms with Gasteiger partial charge in [-0.1, -0.05) is 11.6 Å². The van der Waals surface area contributed by atoms with Gasteiger partial charge >= 0.3 is 5.69 Å². The molecule has 0 unspecified atom stereocenters. The molecule has 2 aliphatic rings. The van der Waals surface area contributed by atoms with E-state index in [9.17, 15) is 14.0 Å². The topological polar surface area (TPSA) is 71.0 Å². The summed E-state index contributed by atoms with van der Waals surface area (Å²) in [6, 6.07) is 5.74. The molecule has 0 spiro atoms. The van der Waals surface area contributed by atoms with Crippen molar-refractivity contribution in [2.24, 2.45) is 11.8 Å². The van der Waals surface area contributed by atoms with E-state index >= 15 is 8.78 Å². The first-order valence-corrected chi connectivity index (χ1v) is 11.1. The predicted octanol–water partition coefficient (Wildman–Crippen LogP) is 4.10. The van der Waals surface area contributed by atoms with E-state index in [1.165, 1.54) is 12.1 Å². The number of carbonyl (C=O) groups excluding carboxylic acids is 1. The molecule has 1 amide bonds. The number of rotatable bonds is 5. The number of carbonyl (C=O) groups is 1. The Morgan fingerprint density at radius 3 is 2.48 bits per heavy atom. The van der Waals surface area contributed by atoms with Gasteiger partial charge in [-0.3, -0.25) is 4.79 Å². The van der Waals surface area contributed by atoms with Crippen LogP contribution < -0.4 is 5.69 Å². The molecule has 10 heteroatoms. The predicted molar refractivity (Wildman–Crippen MR) is 116 cm³/mol. The molecule has 1 saturated heterocycles. The molecule has 3 aromatic rings. The molecule has 0 bridgehead atoms. The van der Waals surface area contributed by atoms with E-state index in [4.69, 9.17) is 11.6 Å². The quantitative estimate of drug-likeness (QED) is 0.602. The Bertz CT molecular complexity index is 1280. The summed E-state index contributed by atoms with van der Waals surface area (Å²) < 4.78 is 45.2. The van der Waals surface area contributed by atoms with Crippen LogP contribution in [-0.2, 0) is 11.2 Å². The van der Waals surface area contributed by atoms with Gasteiger partial charge in [0, 0.05) is 36.0 Å². The van der Waals surface area contributed by atoms with Crippen molar-refractivity contribution in [1.29, 1.82) is 0 Å². The molecule has 5 rings (SSSR count).